The maximum Gasteiger partial charge on any atom is 2.00 e. The fourth-order valence-corrected chi connectivity index (χ4v) is 0. The van der Waals surface area contributed by atoms with Gasteiger partial charge in [0.15, 0.2) is 0 Å². The molecule has 0 aliphatic carbocycles. The first-order chi connectivity index (χ1) is 5.12. The third-order valence-electron chi connectivity index (χ3n) is 1.34. The van der Waals surface area contributed by atoms with Crippen molar-refractivity contribution in [1.29, 1.82) is 0 Å². The van der Waals surface area contributed by atoms with Crippen LogP contribution in [-0.2, 0) is 17.4 Å². The van der Waals surface area contributed by atoms with E-state index < -0.39 is 16.5 Å². The third kappa shape index (κ3) is 32.2. The summed E-state index contributed by atoms with van der Waals surface area (Å²) in [5.74, 6) is 0. The first kappa shape index (κ1) is 19.5. The van der Waals surface area contributed by atoms with Gasteiger partial charge in [-0.15, -0.1) is 0 Å². The van der Waals surface area contributed by atoms with Gasteiger partial charge in [0.05, 0.1) is 0 Å². The van der Waals surface area contributed by atoms with Crippen molar-refractivity contribution >= 4 is 16.5 Å². The fraction of sp³-hybridized carbons (Fsp3) is 1.00. The first-order valence-electron chi connectivity index (χ1n) is 4.34. The largest absolute Gasteiger partial charge is 2.00 e. The van der Waals surface area contributed by atoms with Crippen molar-refractivity contribution in [3.05, 3.63) is 9.96 Å². The molecule has 0 aliphatic rings. The molecular formula is C8H24CrN2Si2. The molecule has 0 radical (unpaired) electrons. The van der Waals surface area contributed by atoms with Gasteiger partial charge in [-0.2, -0.15) is 14.1 Å². The second-order valence-corrected chi connectivity index (χ2v) is 14.4. The Morgan fingerprint density at radius 1 is 0.615 bits per heavy atom. The van der Waals surface area contributed by atoms with E-state index in [1.54, 1.807) is 0 Å². The van der Waals surface area contributed by atoms with Crippen LogP contribution in [0.2, 0.25) is 39.3 Å². The second-order valence-electron chi connectivity index (χ2n) is 4.79. The van der Waals surface area contributed by atoms with Crippen LogP contribution in [0.3, 0.4) is 0 Å². The summed E-state index contributed by atoms with van der Waals surface area (Å²) in [6.07, 6.45) is 0. The van der Waals surface area contributed by atoms with E-state index in [1.807, 2.05) is 14.1 Å². The van der Waals surface area contributed by atoms with E-state index >= 15 is 0 Å². The molecule has 0 bridgehead atoms. The van der Waals surface area contributed by atoms with E-state index in [9.17, 15) is 0 Å². The average Bonchev–Trinajstić information content (AvgIpc) is 1.86. The minimum Gasteiger partial charge on any atom is -0.668 e. The zero-order chi connectivity index (χ0) is 10.4. The van der Waals surface area contributed by atoms with Crippen LogP contribution in [0.5, 0.6) is 0 Å². The Hall–Kier alpha value is 0.886. The quantitative estimate of drug-likeness (QED) is 0.675. The van der Waals surface area contributed by atoms with E-state index in [2.05, 4.69) is 49.2 Å². The monoisotopic (exact) mass is 256 g/mol. The Morgan fingerprint density at radius 2 is 0.692 bits per heavy atom. The SMILES string of the molecule is C[N-][Si](C)(C)C.C[N-][Si](C)(C)C.[Cr+2]. The van der Waals surface area contributed by atoms with Crippen molar-refractivity contribution in [1.82, 2.24) is 0 Å². The molecule has 0 spiro atoms. The molecule has 0 aromatic rings. The predicted octanol–water partition coefficient (Wildman–Crippen LogP) is 3.65. The minimum atomic E-state index is -1.01. The van der Waals surface area contributed by atoms with E-state index in [4.69, 9.17) is 0 Å². The molecule has 0 atom stereocenters. The van der Waals surface area contributed by atoms with Gasteiger partial charge in [-0.05, 0) is 0 Å². The zero-order valence-corrected chi connectivity index (χ0v) is 13.6. The van der Waals surface area contributed by atoms with Crippen molar-refractivity contribution < 1.29 is 17.4 Å². The molecule has 0 fully saturated rings. The molecular weight excluding hydrogens is 232 g/mol. The molecule has 0 unspecified atom stereocenters. The number of hydrogen-bond acceptors (Lipinski definition) is 0. The summed E-state index contributed by atoms with van der Waals surface area (Å²) in [6, 6.07) is 0. The van der Waals surface area contributed by atoms with Crippen LogP contribution < -0.4 is 0 Å². The zero-order valence-electron chi connectivity index (χ0n) is 10.3. The summed E-state index contributed by atoms with van der Waals surface area (Å²) in [5, 5.41) is 0. The maximum atomic E-state index is 4.16. The van der Waals surface area contributed by atoms with Gasteiger partial charge in [-0.1, -0.05) is 55.8 Å². The standard InChI is InChI=1S/2C4H12NSi.Cr/c2*1-5-6(2,3)4;/h2*1-4H3;/q2*-1;+2. The molecule has 0 aromatic heterocycles. The normalized spacial score (nSPS) is 11.1. The van der Waals surface area contributed by atoms with Crippen molar-refractivity contribution in [2.45, 2.75) is 39.3 Å². The van der Waals surface area contributed by atoms with Crippen LogP contribution >= 0.6 is 0 Å². The molecule has 0 rings (SSSR count). The van der Waals surface area contributed by atoms with E-state index in [0.717, 1.165) is 0 Å². The van der Waals surface area contributed by atoms with Gasteiger partial charge in [0.1, 0.15) is 0 Å². The summed E-state index contributed by atoms with van der Waals surface area (Å²) in [7, 11) is 1.78. The van der Waals surface area contributed by atoms with Gasteiger partial charge in [-0.3, -0.25) is 0 Å². The molecule has 0 saturated carbocycles. The smallest absolute Gasteiger partial charge is 0.668 e. The van der Waals surface area contributed by atoms with Crippen LogP contribution in [0.15, 0.2) is 0 Å². The van der Waals surface area contributed by atoms with Gasteiger partial charge in [-0.25, -0.2) is 0 Å². The van der Waals surface area contributed by atoms with Crippen molar-refractivity contribution in [2.24, 2.45) is 0 Å². The van der Waals surface area contributed by atoms with Gasteiger partial charge in [0, 0.05) is 0 Å². The Bertz CT molecular complexity index is 93.7. The topological polar surface area (TPSA) is 28.2 Å². The van der Waals surface area contributed by atoms with Crippen LogP contribution in [-0.4, -0.2) is 30.6 Å². The van der Waals surface area contributed by atoms with Gasteiger partial charge >= 0.3 is 17.4 Å². The second kappa shape index (κ2) is 8.22. The third-order valence-corrected chi connectivity index (χ3v) is 4.02. The summed E-state index contributed by atoms with van der Waals surface area (Å²) in [5.41, 5.74) is 0. The minimum absolute atomic E-state index is 0. The Kier molecular flexibility index (Phi) is 12.3. The van der Waals surface area contributed by atoms with Crippen LogP contribution in [0.4, 0.5) is 0 Å². The molecule has 0 aliphatic heterocycles. The van der Waals surface area contributed by atoms with Gasteiger partial charge in [0.2, 0.25) is 0 Å². The van der Waals surface area contributed by atoms with Crippen molar-refractivity contribution in [2.75, 3.05) is 14.1 Å². The maximum absolute atomic E-state index is 4.16. The molecule has 2 nitrogen and oxygen atoms in total. The fourth-order valence-electron chi connectivity index (χ4n) is 0. The van der Waals surface area contributed by atoms with Gasteiger partial charge in [0.25, 0.3) is 0 Å². The van der Waals surface area contributed by atoms with E-state index in [-0.39, 0.29) is 17.4 Å². The van der Waals surface area contributed by atoms with Crippen molar-refractivity contribution in [3.8, 4) is 0 Å². The molecule has 5 heteroatoms. The molecule has 80 valence electrons. The summed E-state index contributed by atoms with van der Waals surface area (Å²) < 4.78 is 0. The number of rotatable bonds is 2. The number of nitrogens with zero attached hydrogens (tertiary/aromatic N) is 2. The van der Waals surface area contributed by atoms with E-state index in [1.165, 1.54) is 0 Å². The first-order valence-corrected chi connectivity index (χ1v) is 11.2. The molecule has 0 saturated heterocycles. The average molecular weight is 256 g/mol. The molecule has 13 heavy (non-hydrogen) atoms. The number of hydrogen-bond donors (Lipinski definition) is 0. The van der Waals surface area contributed by atoms with Gasteiger partial charge < -0.3 is 9.96 Å². The summed E-state index contributed by atoms with van der Waals surface area (Å²) >= 11 is 0. The summed E-state index contributed by atoms with van der Waals surface area (Å²) in [4.78, 5) is 8.32. The van der Waals surface area contributed by atoms with E-state index in [0.29, 0.717) is 0 Å². The van der Waals surface area contributed by atoms with Crippen LogP contribution in [0.25, 0.3) is 9.96 Å². The molecule has 0 amide bonds. The predicted molar refractivity (Wildman–Crippen MR) is 65.3 cm³/mol. The Balaban J connectivity index is -0.000000143. The Morgan fingerprint density at radius 3 is 0.692 bits per heavy atom. The molecule has 0 N–H and O–H groups in total. The molecule has 0 heterocycles. The summed E-state index contributed by atoms with van der Waals surface area (Å²) in [6.45, 7) is 13.3. The Labute approximate surface area is 97.2 Å². The van der Waals surface area contributed by atoms with Crippen LogP contribution in [0.1, 0.15) is 0 Å². The van der Waals surface area contributed by atoms with Crippen LogP contribution in [0, 0.1) is 0 Å². The molecule has 0 aromatic carbocycles. The van der Waals surface area contributed by atoms with Crippen molar-refractivity contribution in [3.63, 3.8) is 0 Å².